The molecule has 2 heterocycles. The van der Waals surface area contributed by atoms with Crippen molar-refractivity contribution in [2.75, 3.05) is 12.5 Å². The van der Waals surface area contributed by atoms with Gasteiger partial charge >= 0.3 is 0 Å². The Morgan fingerprint density at radius 2 is 1.91 bits per heavy atom. The zero-order valence-corrected chi connectivity index (χ0v) is 12.8. The van der Waals surface area contributed by atoms with Crippen LogP contribution in [0.3, 0.4) is 0 Å². The molecule has 0 spiro atoms. The fourth-order valence-corrected chi connectivity index (χ4v) is 3.44. The van der Waals surface area contributed by atoms with Crippen LogP contribution in [-0.2, 0) is 0 Å². The lowest BCUT2D eigenvalue weighted by molar-refractivity contribution is 0.174. The van der Waals surface area contributed by atoms with Crippen molar-refractivity contribution in [1.29, 1.82) is 0 Å². The van der Waals surface area contributed by atoms with Gasteiger partial charge in [0.1, 0.15) is 5.01 Å². The second-order valence-corrected chi connectivity index (χ2v) is 6.32. The molecule has 2 aromatic carbocycles. The van der Waals surface area contributed by atoms with Crippen molar-refractivity contribution in [2.24, 2.45) is 0 Å². The van der Waals surface area contributed by atoms with E-state index >= 15 is 0 Å². The van der Waals surface area contributed by atoms with Gasteiger partial charge in [-0.25, -0.2) is 4.98 Å². The van der Waals surface area contributed by atoms with Crippen molar-refractivity contribution >= 4 is 17.0 Å². The summed E-state index contributed by atoms with van der Waals surface area (Å²) in [6.07, 6.45) is 0. The van der Waals surface area contributed by atoms with Gasteiger partial charge in [0, 0.05) is 21.7 Å². The number of aromatic nitrogens is 1. The SMILES string of the molecule is Cc1sc(-c2cccc(N)c2)nc1-c1ccc2c(c1)OCO2. The molecule has 0 bridgehead atoms. The summed E-state index contributed by atoms with van der Waals surface area (Å²) in [5.74, 6) is 1.56. The molecule has 0 amide bonds. The standard InChI is InChI=1S/C17H14N2O2S/c1-10-16(11-5-6-14-15(8-11)21-9-20-14)19-17(22-10)12-3-2-4-13(18)7-12/h2-8H,9,18H2,1H3. The Labute approximate surface area is 132 Å². The predicted octanol–water partition coefficient (Wildman–Crippen LogP) is 4.10. The molecule has 22 heavy (non-hydrogen) atoms. The van der Waals surface area contributed by atoms with E-state index in [-0.39, 0.29) is 6.79 Å². The number of aryl methyl sites for hydroxylation is 1. The number of fused-ring (bicyclic) bond motifs is 1. The topological polar surface area (TPSA) is 57.4 Å². The van der Waals surface area contributed by atoms with Crippen molar-refractivity contribution in [2.45, 2.75) is 6.92 Å². The van der Waals surface area contributed by atoms with E-state index in [1.165, 1.54) is 0 Å². The van der Waals surface area contributed by atoms with Crippen molar-refractivity contribution in [3.8, 4) is 33.3 Å². The van der Waals surface area contributed by atoms with Crippen LogP contribution >= 0.6 is 11.3 Å². The van der Waals surface area contributed by atoms with E-state index in [1.807, 2.05) is 42.5 Å². The smallest absolute Gasteiger partial charge is 0.231 e. The Bertz CT molecular complexity index is 858. The fourth-order valence-electron chi connectivity index (χ4n) is 2.50. The normalized spacial score (nSPS) is 12.6. The minimum Gasteiger partial charge on any atom is -0.454 e. The summed E-state index contributed by atoms with van der Waals surface area (Å²) < 4.78 is 10.8. The first-order valence-electron chi connectivity index (χ1n) is 6.94. The summed E-state index contributed by atoms with van der Waals surface area (Å²) in [6.45, 7) is 2.36. The zero-order chi connectivity index (χ0) is 15.1. The van der Waals surface area contributed by atoms with Crippen molar-refractivity contribution in [3.05, 3.63) is 47.3 Å². The van der Waals surface area contributed by atoms with Crippen molar-refractivity contribution < 1.29 is 9.47 Å². The lowest BCUT2D eigenvalue weighted by Crippen LogP contribution is -1.92. The second kappa shape index (κ2) is 5.03. The average molecular weight is 310 g/mol. The quantitative estimate of drug-likeness (QED) is 0.724. The number of nitrogens with two attached hydrogens (primary N) is 1. The monoisotopic (exact) mass is 310 g/mol. The predicted molar refractivity (Wildman–Crippen MR) is 88.3 cm³/mol. The number of rotatable bonds is 2. The maximum Gasteiger partial charge on any atom is 0.231 e. The van der Waals surface area contributed by atoms with Crippen LogP contribution in [0.4, 0.5) is 5.69 Å². The van der Waals surface area contributed by atoms with Crippen LogP contribution in [0.1, 0.15) is 4.88 Å². The first kappa shape index (κ1) is 13.2. The first-order chi connectivity index (χ1) is 10.7. The zero-order valence-electron chi connectivity index (χ0n) is 12.0. The first-order valence-corrected chi connectivity index (χ1v) is 7.76. The van der Waals surface area contributed by atoms with Gasteiger partial charge in [0.15, 0.2) is 11.5 Å². The van der Waals surface area contributed by atoms with Crippen molar-refractivity contribution in [1.82, 2.24) is 4.98 Å². The number of hydrogen-bond acceptors (Lipinski definition) is 5. The molecule has 4 rings (SSSR count). The molecule has 5 heteroatoms. The van der Waals surface area contributed by atoms with E-state index < -0.39 is 0 Å². The summed E-state index contributed by atoms with van der Waals surface area (Å²) in [6, 6.07) is 13.7. The molecule has 2 N–H and O–H groups in total. The molecule has 0 radical (unpaired) electrons. The third-order valence-corrected chi connectivity index (χ3v) is 4.60. The summed E-state index contributed by atoms with van der Waals surface area (Å²) in [4.78, 5) is 5.95. The number of thiazole rings is 1. The van der Waals surface area contributed by atoms with Crippen LogP contribution in [0.25, 0.3) is 21.8 Å². The van der Waals surface area contributed by atoms with E-state index in [0.717, 1.165) is 43.9 Å². The van der Waals surface area contributed by atoms with Crippen molar-refractivity contribution in [3.63, 3.8) is 0 Å². The van der Waals surface area contributed by atoms with E-state index in [2.05, 4.69) is 6.92 Å². The molecule has 110 valence electrons. The fraction of sp³-hybridized carbons (Fsp3) is 0.118. The number of hydrogen-bond donors (Lipinski definition) is 1. The second-order valence-electron chi connectivity index (χ2n) is 5.12. The minimum absolute atomic E-state index is 0.281. The Kier molecular flexibility index (Phi) is 3.01. The van der Waals surface area contributed by atoms with Crippen LogP contribution in [0.2, 0.25) is 0 Å². The third-order valence-electron chi connectivity index (χ3n) is 3.58. The van der Waals surface area contributed by atoms with Gasteiger partial charge in [-0.05, 0) is 37.3 Å². The van der Waals surface area contributed by atoms with E-state index in [4.69, 9.17) is 20.2 Å². The van der Waals surface area contributed by atoms with Gasteiger partial charge in [0.25, 0.3) is 0 Å². The summed E-state index contributed by atoms with van der Waals surface area (Å²) in [5, 5.41) is 0.970. The molecule has 0 unspecified atom stereocenters. The Balaban J connectivity index is 1.77. The maximum absolute atomic E-state index is 5.86. The number of anilines is 1. The lowest BCUT2D eigenvalue weighted by Gasteiger charge is -2.01. The van der Waals surface area contributed by atoms with Gasteiger partial charge in [0.05, 0.1) is 5.69 Å². The number of ether oxygens (including phenoxy) is 2. The Hall–Kier alpha value is -2.53. The maximum atomic E-state index is 5.86. The third kappa shape index (κ3) is 2.19. The Morgan fingerprint density at radius 1 is 1.05 bits per heavy atom. The summed E-state index contributed by atoms with van der Waals surface area (Å²) in [5.41, 5.74) is 9.66. The molecule has 0 fully saturated rings. The van der Waals surface area contributed by atoms with Gasteiger partial charge < -0.3 is 15.2 Å². The molecule has 1 aromatic heterocycles. The molecule has 1 aliphatic rings. The molecule has 1 aliphatic heterocycles. The van der Waals surface area contributed by atoms with E-state index in [9.17, 15) is 0 Å². The molecule has 0 aliphatic carbocycles. The molecule has 0 saturated carbocycles. The average Bonchev–Trinajstić information content (AvgIpc) is 3.12. The van der Waals surface area contributed by atoms with Gasteiger partial charge in [-0.15, -0.1) is 11.3 Å². The highest BCUT2D eigenvalue weighted by Crippen LogP contribution is 2.39. The van der Waals surface area contributed by atoms with Gasteiger partial charge in [-0.2, -0.15) is 0 Å². The van der Waals surface area contributed by atoms with Gasteiger partial charge in [-0.1, -0.05) is 12.1 Å². The Morgan fingerprint density at radius 3 is 2.77 bits per heavy atom. The highest BCUT2D eigenvalue weighted by Gasteiger charge is 2.17. The molecule has 0 atom stereocenters. The highest BCUT2D eigenvalue weighted by molar-refractivity contribution is 7.15. The van der Waals surface area contributed by atoms with Crippen LogP contribution in [0, 0.1) is 6.92 Å². The van der Waals surface area contributed by atoms with Crippen LogP contribution in [-0.4, -0.2) is 11.8 Å². The number of nitrogen functional groups attached to an aromatic ring is 1. The van der Waals surface area contributed by atoms with Crippen LogP contribution < -0.4 is 15.2 Å². The summed E-state index contributed by atoms with van der Waals surface area (Å²) in [7, 11) is 0. The van der Waals surface area contributed by atoms with E-state index in [1.54, 1.807) is 11.3 Å². The largest absolute Gasteiger partial charge is 0.454 e. The number of nitrogens with zero attached hydrogens (tertiary/aromatic N) is 1. The molecule has 3 aromatic rings. The molecule has 0 saturated heterocycles. The highest BCUT2D eigenvalue weighted by atomic mass is 32.1. The van der Waals surface area contributed by atoms with Crippen LogP contribution in [0.5, 0.6) is 11.5 Å². The number of benzene rings is 2. The lowest BCUT2D eigenvalue weighted by atomic mass is 10.1. The molecular weight excluding hydrogens is 296 g/mol. The minimum atomic E-state index is 0.281. The summed E-state index contributed by atoms with van der Waals surface area (Å²) >= 11 is 1.67. The van der Waals surface area contributed by atoms with Crippen LogP contribution in [0.15, 0.2) is 42.5 Å². The van der Waals surface area contributed by atoms with Gasteiger partial charge in [-0.3, -0.25) is 0 Å². The molecule has 4 nitrogen and oxygen atoms in total. The van der Waals surface area contributed by atoms with E-state index in [0.29, 0.717) is 0 Å². The van der Waals surface area contributed by atoms with Gasteiger partial charge in [0.2, 0.25) is 6.79 Å². The molecular formula is C17H14N2O2S.